The van der Waals surface area contributed by atoms with Gasteiger partial charge >= 0.3 is 0 Å². The average Bonchev–Trinajstić information content (AvgIpc) is 2.81. The number of amides is 1. The number of rotatable bonds is 2. The van der Waals surface area contributed by atoms with Crippen molar-refractivity contribution in [3.05, 3.63) is 27.3 Å². The molecule has 0 saturated carbocycles. The van der Waals surface area contributed by atoms with E-state index in [1.807, 2.05) is 36.4 Å². The summed E-state index contributed by atoms with van der Waals surface area (Å²) >= 11 is 2.04. The molecular formula is C14H16INO4S. The van der Waals surface area contributed by atoms with E-state index in [-0.39, 0.29) is 28.7 Å². The van der Waals surface area contributed by atoms with E-state index in [1.165, 1.54) is 0 Å². The van der Waals surface area contributed by atoms with E-state index >= 15 is 0 Å². The Balaban J connectivity index is 1.90. The van der Waals surface area contributed by atoms with Crippen molar-refractivity contribution in [3.8, 4) is 0 Å². The fraction of sp³-hybridized carbons (Fsp3) is 0.500. The lowest BCUT2D eigenvalue weighted by Crippen LogP contribution is -2.37. The molecule has 1 atom stereocenters. The highest BCUT2D eigenvalue weighted by Crippen LogP contribution is 2.35. The summed E-state index contributed by atoms with van der Waals surface area (Å²) in [5.74, 6) is -0.449. The molecule has 21 heavy (non-hydrogen) atoms. The van der Waals surface area contributed by atoms with Gasteiger partial charge in [0.15, 0.2) is 0 Å². The van der Waals surface area contributed by atoms with Crippen LogP contribution in [0.5, 0.6) is 0 Å². The molecule has 5 nitrogen and oxygen atoms in total. The second-order valence-electron chi connectivity index (χ2n) is 6.02. The first kappa shape index (κ1) is 15.2. The molecule has 1 aromatic rings. The zero-order valence-corrected chi connectivity index (χ0v) is 14.8. The van der Waals surface area contributed by atoms with Gasteiger partial charge in [-0.25, -0.2) is 12.7 Å². The Hall–Kier alpha value is -0.670. The lowest BCUT2D eigenvalue weighted by molar-refractivity contribution is -0.0198. The van der Waals surface area contributed by atoms with Crippen molar-refractivity contribution in [1.29, 1.82) is 0 Å². The van der Waals surface area contributed by atoms with Crippen molar-refractivity contribution >= 4 is 38.5 Å². The van der Waals surface area contributed by atoms with Crippen molar-refractivity contribution in [2.75, 3.05) is 6.54 Å². The number of carbonyl (C=O) groups is 1. The largest absolute Gasteiger partial charge is 0.370 e. The van der Waals surface area contributed by atoms with Gasteiger partial charge in [0.25, 0.3) is 15.9 Å². The highest BCUT2D eigenvalue weighted by molar-refractivity contribution is 14.1. The number of hydrogen-bond acceptors (Lipinski definition) is 4. The van der Waals surface area contributed by atoms with Crippen LogP contribution >= 0.6 is 22.6 Å². The Morgan fingerprint density at radius 1 is 1.43 bits per heavy atom. The number of halogens is 1. The van der Waals surface area contributed by atoms with Crippen molar-refractivity contribution in [2.45, 2.75) is 43.3 Å². The normalized spacial score (nSPS) is 26.1. The molecule has 1 saturated heterocycles. The van der Waals surface area contributed by atoms with E-state index < -0.39 is 15.9 Å². The number of sulfonamides is 1. The molecule has 2 aliphatic rings. The number of benzene rings is 1. The van der Waals surface area contributed by atoms with E-state index in [4.69, 9.17) is 4.74 Å². The lowest BCUT2D eigenvalue weighted by Gasteiger charge is -2.22. The third-order valence-electron chi connectivity index (χ3n) is 3.89. The van der Waals surface area contributed by atoms with E-state index in [1.54, 1.807) is 18.2 Å². The van der Waals surface area contributed by atoms with Crippen LogP contribution in [-0.2, 0) is 14.8 Å². The van der Waals surface area contributed by atoms with Crippen LogP contribution in [0.2, 0.25) is 0 Å². The predicted molar refractivity (Wildman–Crippen MR) is 85.6 cm³/mol. The Morgan fingerprint density at radius 3 is 2.76 bits per heavy atom. The standard InChI is InChI=1S/C14H16INO4S/c1-14(2)6-5-10(20-14)8-16-13(17)11-4-3-9(15)7-12(11)21(16,18)19/h3-4,7,10H,5-6,8H2,1-2H3. The number of hydrogen-bond donors (Lipinski definition) is 0. The average molecular weight is 421 g/mol. The van der Waals surface area contributed by atoms with Crippen LogP contribution in [0, 0.1) is 3.57 Å². The van der Waals surface area contributed by atoms with Gasteiger partial charge in [-0.05, 0) is 67.5 Å². The molecule has 0 N–H and O–H groups in total. The molecule has 0 aliphatic carbocycles. The highest BCUT2D eigenvalue weighted by Gasteiger charge is 2.44. The molecule has 0 spiro atoms. The summed E-state index contributed by atoms with van der Waals surface area (Å²) in [6.07, 6.45) is 1.40. The lowest BCUT2D eigenvalue weighted by atomic mass is 10.1. The quantitative estimate of drug-likeness (QED) is 0.689. The van der Waals surface area contributed by atoms with Gasteiger partial charge in [-0.3, -0.25) is 4.79 Å². The molecule has 1 amide bonds. The SMILES string of the molecule is CC1(C)CCC(CN2C(=O)c3ccc(I)cc3S2(=O)=O)O1. The monoisotopic (exact) mass is 421 g/mol. The Labute approximate surface area is 137 Å². The van der Waals surface area contributed by atoms with Crippen LogP contribution in [0.3, 0.4) is 0 Å². The van der Waals surface area contributed by atoms with Crippen molar-refractivity contribution in [2.24, 2.45) is 0 Å². The van der Waals surface area contributed by atoms with Gasteiger partial charge in [0, 0.05) is 3.57 Å². The molecule has 0 radical (unpaired) electrons. The van der Waals surface area contributed by atoms with Gasteiger partial charge in [0.2, 0.25) is 0 Å². The molecular weight excluding hydrogens is 405 g/mol. The minimum absolute atomic E-state index is 0.0931. The number of fused-ring (bicyclic) bond motifs is 1. The van der Waals surface area contributed by atoms with E-state index in [0.29, 0.717) is 0 Å². The van der Waals surface area contributed by atoms with Gasteiger partial charge in [-0.1, -0.05) is 0 Å². The molecule has 3 rings (SSSR count). The molecule has 7 heteroatoms. The first-order chi connectivity index (χ1) is 9.71. The smallest absolute Gasteiger partial charge is 0.269 e. The van der Waals surface area contributed by atoms with Crippen molar-refractivity contribution in [1.82, 2.24) is 4.31 Å². The summed E-state index contributed by atoms with van der Waals surface area (Å²) in [6, 6.07) is 4.87. The van der Waals surface area contributed by atoms with Gasteiger partial charge in [0.1, 0.15) is 4.90 Å². The van der Waals surface area contributed by atoms with Crippen LogP contribution in [0.25, 0.3) is 0 Å². The first-order valence-corrected chi connectivity index (χ1v) is 9.27. The second kappa shape index (κ2) is 4.92. The highest BCUT2D eigenvalue weighted by atomic mass is 127. The summed E-state index contributed by atoms with van der Waals surface area (Å²) < 4.78 is 32.7. The van der Waals surface area contributed by atoms with Crippen LogP contribution in [0.15, 0.2) is 23.1 Å². The minimum atomic E-state index is -3.74. The van der Waals surface area contributed by atoms with Gasteiger partial charge in [0.05, 0.1) is 23.8 Å². The maximum atomic E-state index is 12.5. The fourth-order valence-electron chi connectivity index (χ4n) is 2.82. The van der Waals surface area contributed by atoms with Crippen LogP contribution in [0.1, 0.15) is 37.0 Å². The molecule has 0 bridgehead atoms. The summed E-state index contributed by atoms with van der Waals surface area (Å²) in [7, 11) is -3.74. The van der Waals surface area contributed by atoms with Crippen molar-refractivity contribution < 1.29 is 17.9 Å². The van der Waals surface area contributed by atoms with Crippen molar-refractivity contribution in [3.63, 3.8) is 0 Å². The Kier molecular flexibility index (Phi) is 3.57. The van der Waals surface area contributed by atoms with Crippen LogP contribution < -0.4 is 0 Å². The van der Waals surface area contributed by atoms with E-state index in [0.717, 1.165) is 20.7 Å². The van der Waals surface area contributed by atoms with Gasteiger partial charge < -0.3 is 4.74 Å². The molecule has 2 aliphatic heterocycles. The molecule has 0 aromatic heterocycles. The second-order valence-corrected chi connectivity index (χ2v) is 9.10. The third-order valence-corrected chi connectivity index (χ3v) is 6.35. The molecule has 1 fully saturated rings. The molecule has 1 aromatic carbocycles. The number of carbonyl (C=O) groups excluding carboxylic acids is 1. The Bertz CT molecular complexity index is 714. The fourth-order valence-corrected chi connectivity index (χ4v) is 5.15. The van der Waals surface area contributed by atoms with Gasteiger partial charge in [-0.2, -0.15) is 0 Å². The number of ether oxygens (including phenoxy) is 1. The predicted octanol–water partition coefficient (Wildman–Crippen LogP) is 2.39. The molecule has 114 valence electrons. The summed E-state index contributed by atoms with van der Waals surface area (Å²) in [5, 5.41) is 0. The molecule has 2 heterocycles. The summed E-state index contributed by atoms with van der Waals surface area (Å²) in [5.41, 5.74) is 0.00654. The third kappa shape index (κ3) is 2.59. The topological polar surface area (TPSA) is 63.7 Å². The zero-order chi connectivity index (χ0) is 15.4. The number of nitrogens with zero attached hydrogens (tertiary/aromatic N) is 1. The molecule has 1 unspecified atom stereocenters. The minimum Gasteiger partial charge on any atom is -0.370 e. The summed E-state index contributed by atoms with van der Waals surface area (Å²) in [6.45, 7) is 4.05. The zero-order valence-electron chi connectivity index (χ0n) is 11.8. The van der Waals surface area contributed by atoms with Crippen LogP contribution in [-0.4, -0.2) is 36.9 Å². The first-order valence-electron chi connectivity index (χ1n) is 6.75. The van der Waals surface area contributed by atoms with Gasteiger partial charge in [-0.15, -0.1) is 0 Å². The summed E-state index contributed by atoms with van der Waals surface area (Å²) in [4.78, 5) is 12.5. The van der Waals surface area contributed by atoms with E-state index in [2.05, 4.69) is 0 Å². The van der Waals surface area contributed by atoms with Crippen LogP contribution in [0.4, 0.5) is 0 Å². The Morgan fingerprint density at radius 2 is 2.14 bits per heavy atom. The maximum absolute atomic E-state index is 12.5. The van der Waals surface area contributed by atoms with E-state index in [9.17, 15) is 13.2 Å². The maximum Gasteiger partial charge on any atom is 0.269 e.